The SMILES string of the molecule is FC(F)(F)c1ccccc1-n1ncc2cncnc21. The van der Waals surface area contributed by atoms with E-state index < -0.39 is 11.7 Å². The molecule has 0 radical (unpaired) electrons. The van der Waals surface area contributed by atoms with Gasteiger partial charge in [-0.2, -0.15) is 18.3 Å². The van der Waals surface area contributed by atoms with E-state index in [9.17, 15) is 13.2 Å². The molecule has 19 heavy (non-hydrogen) atoms. The highest BCUT2D eigenvalue weighted by Crippen LogP contribution is 2.34. The molecule has 0 unspecified atom stereocenters. The van der Waals surface area contributed by atoms with E-state index in [4.69, 9.17) is 0 Å². The Morgan fingerprint density at radius 3 is 2.63 bits per heavy atom. The zero-order chi connectivity index (χ0) is 13.5. The number of benzene rings is 1. The van der Waals surface area contributed by atoms with Gasteiger partial charge in [0.25, 0.3) is 0 Å². The van der Waals surface area contributed by atoms with Crippen molar-refractivity contribution in [2.45, 2.75) is 6.18 Å². The molecule has 0 amide bonds. The average molecular weight is 264 g/mol. The van der Waals surface area contributed by atoms with Crippen molar-refractivity contribution in [1.29, 1.82) is 0 Å². The van der Waals surface area contributed by atoms with Crippen molar-refractivity contribution in [1.82, 2.24) is 19.7 Å². The lowest BCUT2D eigenvalue weighted by molar-refractivity contribution is -0.137. The second kappa shape index (κ2) is 4.04. The number of nitrogens with zero attached hydrogens (tertiary/aromatic N) is 4. The van der Waals surface area contributed by atoms with Crippen LogP contribution in [0.15, 0.2) is 43.0 Å². The Labute approximate surface area is 105 Å². The maximum Gasteiger partial charge on any atom is 0.418 e. The molecule has 0 bridgehead atoms. The second-order valence-corrected chi connectivity index (χ2v) is 3.87. The van der Waals surface area contributed by atoms with E-state index in [2.05, 4.69) is 15.1 Å². The van der Waals surface area contributed by atoms with Crippen LogP contribution in [0.25, 0.3) is 16.7 Å². The first-order chi connectivity index (χ1) is 9.07. The van der Waals surface area contributed by atoms with E-state index in [1.807, 2.05) is 0 Å². The first-order valence-corrected chi connectivity index (χ1v) is 5.38. The molecule has 0 aliphatic rings. The lowest BCUT2D eigenvalue weighted by Gasteiger charge is -2.12. The van der Waals surface area contributed by atoms with Gasteiger partial charge in [0.05, 0.1) is 22.8 Å². The first kappa shape index (κ1) is 11.6. The summed E-state index contributed by atoms with van der Waals surface area (Å²) in [7, 11) is 0. The van der Waals surface area contributed by atoms with Crippen LogP contribution in [0.4, 0.5) is 13.2 Å². The molecule has 96 valence electrons. The zero-order valence-electron chi connectivity index (χ0n) is 9.46. The molecule has 0 aliphatic carbocycles. The third-order valence-corrected chi connectivity index (χ3v) is 2.67. The van der Waals surface area contributed by atoms with E-state index in [0.717, 1.165) is 6.07 Å². The van der Waals surface area contributed by atoms with Gasteiger partial charge >= 0.3 is 6.18 Å². The highest BCUT2D eigenvalue weighted by Gasteiger charge is 2.34. The average Bonchev–Trinajstić information content (AvgIpc) is 2.81. The van der Waals surface area contributed by atoms with Gasteiger partial charge in [0.15, 0.2) is 5.65 Å². The highest BCUT2D eigenvalue weighted by molar-refractivity contribution is 5.75. The molecule has 7 heteroatoms. The zero-order valence-corrected chi connectivity index (χ0v) is 9.46. The maximum absolute atomic E-state index is 13.0. The van der Waals surface area contributed by atoms with Gasteiger partial charge in [0.1, 0.15) is 6.33 Å². The molecule has 3 rings (SSSR count). The molecule has 4 nitrogen and oxygen atoms in total. The Kier molecular flexibility index (Phi) is 2.48. The van der Waals surface area contributed by atoms with Gasteiger partial charge < -0.3 is 0 Å². The molecule has 3 aromatic rings. The van der Waals surface area contributed by atoms with Crippen molar-refractivity contribution < 1.29 is 13.2 Å². The Morgan fingerprint density at radius 2 is 1.84 bits per heavy atom. The standard InChI is InChI=1S/C12H7F3N4/c13-12(14,15)9-3-1-2-4-10(9)19-11-8(6-18-19)5-16-7-17-11/h1-7H. The number of para-hydroxylation sites is 1. The number of hydrogen-bond acceptors (Lipinski definition) is 3. The molecular weight excluding hydrogens is 257 g/mol. The minimum Gasteiger partial charge on any atom is -0.244 e. The lowest BCUT2D eigenvalue weighted by Crippen LogP contribution is -2.11. The Bertz CT molecular complexity index is 733. The fraction of sp³-hybridized carbons (Fsp3) is 0.0833. The molecule has 0 saturated heterocycles. The van der Waals surface area contributed by atoms with E-state index in [0.29, 0.717) is 11.0 Å². The summed E-state index contributed by atoms with van der Waals surface area (Å²) in [6.07, 6.45) is -0.233. The largest absolute Gasteiger partial charge is 0.418 e. The van der Waals surface area contributed by atoms with Gasteiger partial charge in [-0.15, -0.1) is 0 Å². The highest BCUT2D eigenvalue weighted by atomic mass is 19.4. The number of hydrogen-bond donors (Lipinski definition) is 0. The van der Waals surface area contributed by atoms with E-state index in [1.165, 1.54) is 41.6 Å². The smallest absolute Gasteiger partial charge is 0.244 e. The summed E-state index contributed by atoms with van der Waals surface area (Å²) in [6.45, 7) is 0. The molecule has 0 N–H and O–H groups in total. The summed E-state index contributed by atoms with van der Waals surface area (Å²) in [5.74, 6) is 0. The molecule has 0 aliphatic heterocycles. The van der Waals surface area contributed by atoms with Crippen molar-refractivity contribution in [3.63, 3.8) is 0 Å². The Morgan fingerprint density at radius 1 is 1.05 bits per heavy atom. The number of fused-ring (bicyclic) bond motifs is 1. The summed E-state index contributed by atoms with van der Waals surface area (Å²) < 4.78 is 40.1. The molecule has 2 heterocycles. The number of aromatic nitrogens is 4. The van der Waals surface area contributed by atoms with Crippen molar-refractivity contribution >= 4 is 11.0 Å². The minimum absolute atomic E-state index is 0.0521. The van der Waals surface area contributed by atoms with Gasteiger partial charge in [-0.25, -0.2) is 14.6 Å². The van der Waals surface area contributed by atoms with Gasteiger partial charge in [-0.1, -0.05) is 12.1 Å². The Hall–Kier alpha value is -2.44. The first-order valence-electron chi connectivity index (χ1n) is 5.38. The van der Waals surface area contributed by atoms with Crippen LogP contribution in [0.5, 0.6) is 0 Å². The second-order valence-electron chi connectivity index (χ2n) is 3.87. The predicted octanol–water partition coefficient (Wildman–Crippen LogP) is 2.83. The van der Waals surface area contributed by atoms with Crippen molar-refractivity contribution in [3.8, 4) is 5.69 Å². The normalized spacial score (nSPS) is 11.9. The molecule has 0 saturated carbocycles. The van der Waals surface area contributed by atoms with Gasteiger partial charge in [0, 0.05) is 6.20 Å². The summed E-state index contributed by atoms with van der Waals surface area (Å²) in [4.78, 5) is 7.77. The van der Waals surface area contributed by atoms with Crippen LogP contribution in [0.3, 0.4) is 0 Å². The number of alkyl halides is 3. The van der Waals surface area contributed by atoms with E-state index in [-0.39, 0.29) is 5.69 Å². The van der Waals surface area contributed by atoms with Crippen LogP contribution in [0, 0.1) is 0 Å². The summed E-state index contributed by atoms with van der Waals surface area (Å²) in [6, 6.07) is 5.24. The van der Waals surface area contributed by atoms with Crippen LogP contribution in [0.2, 0.25) is 0 Å². The van der Waals surface area contributed by atoms with Gasteiger partial charge in [0.2, 0.25) is 0 Å². The molecule has 0 atom stereocenters. The monoisotopic (exact) mass is 264 g/mol. The van der Waals surface area contributed by atoms with Crippen LogP contribution < -0.4 is 0 Å². The maximum atomic E-state index is 13.0. The third-order valence-electron chi connectivity index (χ3n) is 2.67. The fourth-order valence-corrected chi connectivity index (χ4v) is 1.85. The Balaban J connectivity index is 2.28. The predicted molar refractivity (Wildman–Crippen MR) is 61.7 cm³/mol. The van der Waals surface area contributed by atoms with Crippen LogP contribution in [-0.2, 0) is 6.18 Å². The van der Waals surface area contributed by atoms with Crippen LogP contribution in [-0.4, -0.2) is 19.7 Å². The topological polar surface area (TPSA) is 43.6 Å². The molecule has 2 aromatic heterocycles. The van der Waals surface area contributed by atoms with Crippen molar-refractivity contribution in [2.75, 3.05) is 0 Å². The number of rotatable bonds is 1. The van der Waals surface area contributed by atoms with Crippen LogP contribution >= 0.6 is 0 Å². The fourth-order valence-electron chi connectivity index (χ4n) is 1.85. The van der Waals surface area contributed by atoms with Crippen molar-refractivity contribution in [3.05, 3.63) is 48.5 Å². The van der Waals surface area contributed by atoms with Gasteiger partial charge in [-0.05, 0) is 12.1 Å². The van der Waals surface area contributed by atoms with Crippen LogP contribution in [0.1, 0.15) is 5.56 Å². The molecule has 0 fully saturated rings. The van der Waals surface area contributed by atoms with E-state index >= 15 is 0 Å². The summed E-state index contributed by atoms with van der Waals surface area (Å²) >= 11 is 0. The summed E-state index contributed by atoms with van der Waals surface area (Å²) in [5.41, 5.74) is -0.464. The lowest BCUT2D eigenvalue weighted by atomic mass is 10.1. The van der Waals surface area contributed by atoms with Gasteiger partial charge in [-0.3, -0.25) is 0 Å². The third kappa shape index (κ3) is 1.92. The molecule has 1 aromatic carbocycles. The molecular formula is C12H7F3N4. The number of halogens is 3. The molecule has 0 spiro atoms. The van der Waals surface area contributed by atoms with E-state index in [1.54, 1.807) is 0 Å². The quantitative estimate of drug-likeness (QED) is 0.678. The minimum atomic E-state index is -4.44. The summed E-state index contributed by atoms with van der Waals surface area (Å²) in [5, 5.41) is 4.54. The van der Waals surface area contributed by atoms with Crippen molar-refractivity contribution in [2.24, 2.45) is 0 Å².